The Hall–Kier alpha value is -2.04. The third kappa shape index (κ3) is 5.76. The van der Waals surface area contributed by atoms with Crippen LogP contribution in [0.2, 0.25) is 0 Å². The lowest BCUT2D eigenvalue weighted by Crippen LogP contribution is -2.40. The number of carbonyl (C=O) groups excluding carboxylic acids is 1. The van der Waals surface area contributed by atoms with Crippen LogP contribution in [0.3, 0.4) is 0 Å². The first-order chi connectivity index (χ1) is 10.5. The molecule has 0 heterocycles. The average molecular weight is 307 g/mol. The van der Waals surface area contributed by atoms with E-state index in [9.17, 15) is 9.59 Å². The van der Waals surface area contributed by atoms with Crippen LogP contribution in [0.1, 0.15) is 43.7 Å². The molecule has 0 aromatic heterocycles. The van der Waals surface area contributed by atoms with Gasteiger partial charge in [0.25, 0.3) is 0 Å². The summed E-state index contributed by atoms with van der Waals surface area (Å²) >= 11 is 0. The molecule has 1 aromatic rings. The summed E-state index contributed by atoms with van der Waals surface area (Å²) in [6.45, 7) is 3.91. The summed E-state index contributed by atoms with van der Waals surface area (Å²) < 4.78 is 5.31. The molecule has 2 N–H and O–H groups in total. The molecular weight excluding hydrogens is 282 g/mol. The summed E-state index contributed by atoms with van der Waals surface area (Å²) in [5.74, 6) is -0.372. The van der Waals surface area contributed by atoms with Crippen molar-refractivity contribution in [1.29, 1.82) is 0 Å². The Bertz CT molecular complexity index is 513. The van der Waals surface area contributed by atoms with E-state index < -0.39 is 12.0 Å². The SMILES string of the molecule is CCCC(NC(=O)CCCc1cc(C)ccc1OC)C(=O)O. The number of ether oxygens (including phenoxy) is 1. The van der Waals surface area contributed by atoms with Crippen molar-refractivity contribution >= 4 is 11.9 Å². The highest BCUT2D eigenvalue weighted by atomic mass is 16.5. The van der Waals surface area contributed by atoms with Crippen molar-refractivity contribution in [2.75, 3.05) is 7.11 Å². The van der Waals surface area contributed by atoms with Crippen LogP contribution in [0.25, 0.3) is 0 Å². The molecule has 1 atom stereocenters. The van der Waals surface area contributed by atoms with Crippen LogP contribution < -0.4 is 10.1 Å². The number of rotatable bonds is 9. The highest BCUT2D eigenvalue weighted by molar-refractivity contribution is 5.83. The van der Waals surface area contributed by atoms with Gasteiger partial charge in [0.15, 0.2) is 0 Å². The highest BCUT2D eigenvalue weighted by Crippen LogP contribution is 2.21. The molecule has 0 aliphatic rings. The summed E-state index contributed by atoms with van der Waals surface area (Å²) in [4.78, 5) is 22.8. The molecule has 22 heavy (non-hydrogen) atoms. The lowest BCUT2D eigenvalue weighted by Gasteiger charge is -2.14. The maximum absolute atomic E-state index is 11.8. The van der Waals surface area contributed by atoms with Crippen LogP contribution in [-0.2, 0) is 16.0 Å². The summed E-state index contributed by atoms with van der Waals surface area (Å²) in [6, 6.07) is 5.17. The zero-order chi connectivity index (χ0) is 16.5. The lowest BCUT2D eigenvalue weighted by atomic mass is 10.0. The lowest BCUT2D eigenvalue weighted by molar-refractivity contribution is -0.142. The first kappa shape index (κ1) is 18.0. The monoisotopic (exact) mass is 307 g/mol. The molecule has 1 amide bonds. The van der Waals surface area contributed by atoms with Gasteiger partial charge < -0.3 is 15.2 Å². The Morgan fingerprint density at radius 2 is 2.09 bits per heavy atom. The predicted molar refractivity (Wildman–Crippen MR) is 85.1 cm³/mol. The fourth-order valence-corrected chi connectivity index (χ4v) is 2.35. The number of carboxylic acid groups (broad SMARTS) is 1. The zero-order valence-corrected chi connectivity index (χ0v) is 13.5. The van der Waals surface area contributed by atoms with E-state index >= 15 is 0 Å². The molecule has 0 aliphatic heterocycles. The Labute approximate surface area is 131 Å². The average Bonchev–Trinajstić information content (AvgIpc) is 2.47. The number of methoxy groups -OCH3 is 1. The van der Waals surface area contributed by atoms with Crippen LogP contribution in [0.4, 0.5) is 0 Å². The Kier molecular flexibility index (Phi) is 7.43. The number of carboxylic acids is 1. The van der Waals surface area contributed by atoms with Crippen molar-refractivity contribution in [3.8, 4) is 5.75 Å². The summed E-state index contributed by atoms with van der Waals surface area (Å²) in [5.41, 5.74) is 2.22. The van der Waals surface area contributed by atoms with Gasteiger partial charge in [-0.1, -0.05) is 31.0 Å². The molecule has 122 valence electrons. The molecular formula is C17H25NO4. The molecule has 0 spiro atoms. The van der Waals surface area contributed by atoms with Gasteiger partial charge in [-0.25, -0.2) is 4.79 Å². The minimum Gasteiger partial charge on any atom is -0.496 e. The van der Waals surface area contributed by atoms with Gasteiger partial charge in [-0.2, -0.15) is 0 Å². The van der Waals surface area contributed by atoms with E-state index in [0.717, 1.165) is 29.7 Å². The second kappa shape index (κ2) is 9.07. The molecule has 5 heteroatoms. The fraction of sp³-hybridized carbons (Fsp3) is 0.529. The predicted octanol–water partition coefficient (Wildman–Crippen LogP) is 2.70. The Morgan fingerprint density at radius 1 is 1.36 bits per heavy atom. The van der Waals surface area contributed by atoms with Gasteiger partial charge in [0.2, 0.25) is 5.91 Å². The standard InChI is InChI=1S/C17H25NO4/c1-4-6-14(17(20)21)18-16(19)8-5-7-13-11-12(2)9-10-15(13)22-3/h9-11,14H,4-8H2,1-3H3,(H,18,19)(H,20,21). The van der Waals surface area contributed by atoms with Gasteiger partial charge in [0, 0.05) is 6.42 Å². The maximum atomic E-state index is 11.8. The number of aryl methyl sites for hydroxylation is 2. The number of hydrogen-bond donors (Lipinski definition) is 2. The molecule has 1 aromatic carbocycles. The van der Waals surface area contributed by atoms with Crippen molar-refractivity contribution in [3.05, 3.63) is 29.3 Å². The van der Waals surface area contributed by atoms with Crippen LogP contribution in [0.5, 0.6) is 5.75 Å². The van der Waals surface area contributed by atoms with Crippen molar-refractivity contribution in [2.45, 2.75) is 52.0 Å². The molecule has 0 bridgehead atoms. The quantitative estimate of drug-likeness (QED) is 0.735. The first-order valence-corrected chi connectivity index (χ1v) is 7.63. The maximum Gasteiger partial charge on any atom is 0.326 e. The van der Waals surface area contributed by atoms with Gasteiger partial charge in [-0.3, -0.25) is 4.79 Å². The van der Waals surface area contributed by atoms with E-state index in [1.807, 2.05) is 32.0 Å². The second-order valence-corrected chi connectivity index (χ2v) is 5.42. The molecule has 0 fully saturated rings. The molecule has 0 aliphatic carbocycles. The van der Waals surface area contributed by atoms with E-state index in [4.69, 9.17) is 9.84 Å². The molecule has 1 unspecified atom stereocenters. The minimum absolute atomic E-state index is 0.215. The van der Waals surface area contributed by atoms with Crippen molar-refractivity contribution in [1.82, 2.24) is 5.32 Å². The number of amides is 1. The topological polar surface area (TPSA) is 75.6 Å². The van der Waals surface area contributed by atoms with Crippen LogP contribution >= 0.6 is 0 Å². The summed E-state index contributed by atoms with van der Waals surface area (Å²) in [7, 11) is 1.63. The van der Waals surface area contributed by atoms with Crippen molar-refractivity contribution < 1.29 is 19.4 Å². The van der Waals surface area contributed by atoms with Crippen LogP contribution in [0, 0.1) is 6.92 Å². The van der Waals surface area contributed by atoms with Crippen LogP contribution in [0.15, 0.2) is 18.2 Å². The van der Waals surface area contributed by atoms with Crippen molar-refractivity contribution in [2.24, 2.45) is 0 Å². The molecule has 0 saturated carbocycles. The van der Waals surface area contributed by atoms with E-state index in [-0.39, 0.29) is 5.91 Å². The second-order valence-electron chi connectivity index (χ2n) is 5.42. The largest absolute Gasteiger partial charge is 0.496 e. The molecule has 5 nitrogen and oxygen atoms in total. The van der Waals surface area contributed by atoms with Gasteiger partial charge in [-0.05, 0) is 37.8 Å². The third-order valence-electron chi connectivity index (χ3n) is 3.50. The van der Waals surface area contributed by atoms with Gasteiger partial charge in [0.05, 0.1) is 7.11 Å². The Morgan fingerprint density at radius 3 is 2.68 bits per heavy atom. The first-order valence-electron chi connectivity index (χ1n) is 7.63. The number of carbonyl (C=O) groups is 2. The fourth-order valence-electron chi connectivity index (χ4n) is 2.35. The van der Waals surface area contributed by atoms with Gasteiger partial charge in [0.1, 0.15) is 11.8 Å². The van der Waals surface area contributed by atoms with Crippen molar-refractivity contribution in [3.63, 3.8) is 0 Å². The molecule has 1 rings (SSSR count). The van der Waals surface area contributed by atoms with E-state index in [0.29, 0.717) is 19.3 Å². The number of benzene rings is 1. The number of hydrogen-bond acceptors (Lipinski definition) is 3. The third-order valence-corrected chi connectivity index (χ3v) is 3.50. The highest BCUT2D eigenvalue weighted by Gasteiger charge is 2.18. The molecule has 0 radical (unpaired) electrons. The van der Waals surface area contributed by atoms with Crippen LogP contribution in [-0.4, -0.2) is 30.1 Å². The zero-order valence-electron chi connectivity index (χ0n) is 13.5. The Balaban J connectivity index is 2.48. The molecule has 0 saturated heterocycles. The number of nitrogens with one attached hydrogen (secondary N) is 1. The normalized spacial score (nSPS) is 11.8. The smallest absolute Gasteiger partial charge is 0.326 e. The number of aliphatic carboxylic acids is 1. The van der Waals surface area contributed by atoms with Gasteiger partial charge in [-0.15, -0.1) is 0 Å². The minimum atomic E-state index is -0.976. The van der Waals surface area contributed by atoms with E-state index in [1.54, 1.807) is 7.11 Å². The van der Waals surface area contributed by atoms with Gasteiger partial charge >= 0.3 is 5.97 Å². The van der Waals surface area contributed by atoms with E-state index in [2.05, 4.69) is 5.32 Å². The summed E-state index contributed by atoms with van der Waals surface area (Å²) in [6.07, 6.45) is 2.86. The summed E-state index contributed by atoms with van der Waals surface area (Å²) in [5, 5.41) is 11.6. The van der Waals surface area contributed by atoms with E-state index in [1.165, 1.54) is 0 Å².